The highest BCUT2D eigenvalue weighted by molar-refractivity contribution is 6.31. The number of anilines is 1. The van der Waals surface area contributed by atoms with Gasteiger partial charge in [0.2, 0.25) is 5.91 Å². The van der Waals surface area contributed by atoms with Crippen LogP contribution in [0.3, 0.4) is 0 Å². The van der Waals surface area contributed by atoms with Crippen molar-refractivity contribution in [2.45, 2.75) is 39.2 Å². The Kier molecular flexibility index (Phi) is 4.33. The molecule has 5 heteroatoms. The Labute approximate surface area is 152 Å². The van der Waals surface area contributed by atoms with Crippen molar-refractivity contribution in [1.82, 2.24) is 0 Å². The van der Waals surface area contributed by atoms with Gasteiger partial charge in [0.15, 0.2) is 0 Å². The molecular weight excluding hydrogens is 338 g/mol. The monoisotopic (exact) mass is 357 g/mol. The van der Waals surface area contributed by atoms with Gasteiger partial charge in [0.1, 0.15) is 5.60 Å². The van der Waals surface area contributed by atoms with Crippen LogP contribution in [0.2, 0.25) is 5.02 Å². The minimum atomic E-state index is -0.698. The number of benzene rings is 2. The van der Waals surface area contributed by atoms with E-state index in [9.17, 15) is 9.59 Å². The molecule has 130 valence electrons. The summed E-state index contributed by atoms with van der Waals surface area (Å²) in [6.07, 6.45) is -0.683. The van der Waals surface area contributed by atoms with Crippen molar-refractivity contribution in [3.8, 4) is 0 Å². The summed E-state index contributed by atoms with van der Waals surface area (Å²) in [6.45, 7) is 7.25. The molecule has 1 aliphatic heterocycles. The Bertz CT molecular complexity index is 854. The maximum absolute atomic E-state index is 13.1. The van der Waals surface area contributed by atoms with E-state index in [1.807, 2.05) is 31.2 Å². The molecule has 1 heterocycles. The Morgan fingerprint density at radius 1 is 1.12 bits per heavy atom. The number of aryl methyl sites for hydroxylation is 1. The van der Waals surface area contributed by atoms with E-state index >= 15 is 0 Å². The molecule has 25 heavy (non-hydrogen) atoms. The van der Waals surface area contributed by atoms with Crippen LogP contribution in [0.25, 0.3) is 0 Å². The van der Waals surface area contributed by atoms with E-state index in [0.717, 1.165) is 21.6 Å². The number of hydrogen-bond donors (Lipinski definition) is 0. The summed E-state index contributed by atoms with van der Waals surface area (Å²) in [4.78, 5) is 26.9. The molecule has 0 saturated carbocycles. The van der Waals surface area contributed by atoms with Crippen molar-refractivity contribution >= 4 is 29.3 Å². The number of hydrogen-bond acceptors (Lipinski definition) is 3. The lowest BCUT2D eigenvalue weighted by atomic mass is 9.90. The molecule has 0 aliphatic carbocycles. The molecule has 0 fully saturated rings. The van der Waals surface area contributed by atoms with Crippen LogP contribution in [0.5, 0.6) is 0 Å². The number of halogens is 1. The van der Waals surface area contributed by atoms with Crippen LogP contribution in [0.15, 0.2) is 42.5 Å². The average Bonchev–Trinajstić information content (AvgIpc) is 2.77. The minimum absolute atomic E-state index is 0.319. The molecule has 0 radical (unpaired) electrons. The highest BCUT2D eigenvalue weighted by Gasteiger charge is 2.43. The zero-order valence-electron chi connectivity index (χ0n) is 14.7. The van der Waals surface area contributed by atoms with Crippen molar-refractivity contribution in [3.63, 3.8) is 0 Å². The van der Waals surface area contributed by atoms with Gasteiger partial charge < -0.3 is 4.74 Å². The predicted octanol–water partition coefficient (Wildman–Crippen LogP) is 5.06. The van der Waals surface area contributed by atoms with Gasteiger partial charge in [-0.15, -0.1) is 0 Å². The minimum Gasteiger partial charge on any atom is -0.443 e. The predicted molar refractivity (Wildman–Crippen MR) is 98.2 cm³/mol. The van der Waals surface area contributed by atoms with Crippen LogP contribution in [-0.4, -0.2) is 17.6 Å². The maximum Gasteiger partial charge on any atom is 0.421 e. The molecule has 2 amide bonds. The summed E-state index contributed by atoms with van der Waals surface area (Å²) in [6, 6.07) is 12.8. The van der Waals surface area contributed by atoms with E-state index in [0.29, 0.717) is 10.7 Å². The van der Waals surface area contributed by atoms with Gasteiger partial charge in [-0.2, -0.15) is 0 Å². The number of ether oxygens (including phenoxy) is 1. The van der Waals surface area contributed by atoms with Crippen LogP contribution in [0, 0.1) is 6.92 Å². The third kappa shape index (κ3) is 3.27. The number of amides is 2. The number of rotatable bonds is 1. The molecule has 2 aromatic carbocycles. The summed E-state index contributed by atoms with van der Waals surface area (Å²) in [5.74, 6) is -0.859. The molecule has 0 bridgehead atoms. The van der Waals surface area contributed by atoms with E-state index in [2.05, 4.69) is 0 Å². The van der Waals surface area contributed by atoms with Gasteiger partial charge in [0.25, 0.3) is 0 Å². The molecule has 0 saturated heterocycles. The molecule has 4 nitrogen and oxygen atoms in total. The molecule has 0 N–H and O–H groups in total. The van der Waals surface area contributed by atoms with Crippen molar-refractivity contribution < 1.29 is 14.3 Å². The van der Waals surface area contributed by atoms with Crippen molar-refractivity contribution in [2.75, 3.05) is 4.90 Å². The van der Waals surface area contributed by atoms with Crippen LogP contribution in [0.4, 0.5) is 10.5 Å². The van der Waals surface area contributed by atoms with Gasteiger partial charge >= 0.3 is 6.09 Å². The van der Waals surface area contributed by atoms with E-state index in [1.165, 1.54) is 0 Å². The van der Waals surface area contributed by atoms with Crippen molar-refractivity contribution in [1.29, 1.82) is 0 Å². The molecule has 0 aromatic heterocycles. The molecule has 2 aromatic rings. The molecule has 1 atom stereocenters. The Hall–Kier alpha value is -2.33. The number of carbonyl (C=O) groups excluding carboxylic acids is 2. The van der Waals surface area contributed by atoms with E-state index in [4.69, 9.17) is 16.3 Å². The standard InChI is InChI=1S/C20H20ClNO3/c1-12-7-5-6-8-14(12)17-15-10-9-13(21)11-16(15)22(18(17)23)19(24)25-20(2,3)4/h5-11,17H,1-4H3. The fourth-order valence-corrected chi connectivity index (χ4v) is 3.21. The quantitative estimate of drug-likeness (QED) is 0.716. The lowest BCUT2D eigenvalue weighted by Gasteiger charge is -2.24. The van der Waals surface area contributed by atoms with Gasteiger partial charge in [0.05, 0.1) is 11.6 Å². The van der Waals surface area contributed by atoms with E-state index in [-0.39, 0.29) is 5.91 Å². The van der Waals surface area contributed by atoms with Crippen molar-refractivity contribution in [2.24, 2.45) is 0 Å². The second-order valence-electron chi connectivity index (χ2n) is 7.15. The second kappa shape index (κ2) is 6.19. The van der Waals surface area contributed by atoms with Crippen LogP contribution in [-0.2, 0) is 9.53 Å². The first-order chi connectivity index (χ1) is 11.7. The molecule has 1 aliphatic rings. The zero-order valence-corrected chi connectivity index (χ0v) is 15.4. The number of fused-ring (bicyclic) bond motifs is 1. The molecule has 0 spiro atoms. The zero-order chi connectivity index (χ0) is 18.4. The topological polar surface area (TPSA) is 46.6 Å². The summed E-state index contributed by atoms with van der Waals surface area (Å²) >= 11 is 6.11. The average molecular weight is 358 g/mol. The van der Waals surface area contributed by atoms with Gasteiger partial charge in [-0.05, 0) is 56.5 Å². The SMILES string of the molecule is Cc1ccccc1C1C(=O)N(C(=O)OC(C)(C)C)c2cc(Cl)ccc21. The highest BCUT2D eigenvalue weighted by atomic mass is 35.5. The lowest BCUT2D eigenvalue weighted by molar-refractivity contribution is -0.118. The number of carbonyl (C=O) groups is 2. The first-order valence-corrected chi connectivity index (χ1v) is 8.49. The Morgan fingerprint density at radius 2 is 1.80 bits per heavy atom. The second-order valence-corrected chi connectivity index (χ2v) is 7.58. The largest absolute Gasteiger partial charge is 0.443 e. The van der Waals surface area contributed by atoms with Gasteiger partial charge in [0, 0.05) is 5.02 Å². The molecular formula is C20H20ClNO3. The number of nitrogens with zero attached hydrogens (tertiary/aromatic N) is 1. The normalized spacial score (nSPS) is 16.8. The van der Waals surface area contributed by atoms with Crippen LogP contribution in [0.1, 0.15) is 43.4 Å². The first kappa shape index (κ1) is 17.5. The lowest BCUT2D eigenvalue weighted by Crippen LogP contribution is -2.39. The van der Waals surface area contributed by atoms with Crippen molar-refractivity contribution in [3.05, 3.63) is 64.2 Å². The number of imide groups is 1. The van der Waals surface area contributed by atoms with E-state index < -0.39 is 17.6 Å². The highest BCUT2D eigenvalue weighted by Crippen LogP contribution is 2.43. The summed E-state index contributed by atoms with van der Waals surface area (Å²) in [5.41, 5.74) is 2.42. The Balaban J connectivity index is 2.12. The van der Waals surface area contributed by atoms with Gasteiger partial charge in [-0.3, -0.25) is 4.79 Å². The Morgan fingerprint density at radius 3 is 2.44 bits per heavy atom. The van der Waals surface area contributed by atoms with E-state index in [1.54, 1.807) is 39.0 Å². The molecule has 3 rings (SSSR count). The molecule has 1 unspecified atom stereocenters. The smallest absolute Gasteiger partial charge is 0.421 e. The maximum atomic E-state index is 13.1. The first-order valence-electron chi connectivity index (χ1n) is 8.11. The summed E-state index contributed by atoms with van der Waals surface area (Å²) in [7, 11) is 0. The van der Waals surface area contributed by atoms with Crippen LogP contribution >= 0.6 is 11.6 Å². The third-order valence-electron chi connectivity index (χ3n) is 4.09. The van der Waals surface area contributed by atoms with Gasteiger partial charge in [-0.1, -0.05) is 41.9 Å². The fourth-order valence-electron chi connectivity index (χ4n) is 3.04. The van der Waals surface area contributed by atoms with Crippen LogP contribution < -0.4 is 4.90 Å². The fraction of sp³-hybridized carbons (Fsp3) is 0.300. The third-order valence-corrected chi connectivity index (χ3v) is 4.32. The van der Waals surface area contributed by atoms with Gasteiger partial charge in [-0.25, -0.2) is 9.69 Å². The summed E-state index contributed by atoms with van der Waals surface area (Å²) in [5, 5.41) is 0.463. The summed E-state index contributed by atoms with van der Waals surface area (Å²) < 4.78 is 5.43.